The maximum absolute atomic E-state index is 6.18. The molecular weight excluding hydrogens is 332 g/mol. The zero-order valence-corrected chi connectivity index (χ0v) is 14.9. The average molecular weight is 351 g/mol. The van der Waals surface area contributed by atoms with Crippen LogP contribution in [0.2, 0.25) is 0 Å². The van der Waals surface area contributed by atoms with Gasteiger partial charge in [0.15, 0.2) is 0 Å². The van der Waals surface area contributed by atoms with Gasteiger partial charge in [-0.25, -0.2) is 4.98 Å². The number of nitrogens with one attached hydrogen (secondary N) is 1. The van der Waals surface area contributed by atoms with Crippen LogP contribution in [0.3, 0.4) is 0 Å². The predicted octanol–water partition coefficient (Wildman–Crippen LogP) is 0.601. The number of hydrogen-bond donors (Lipinski definition) is 2. The summed E-state index contributed by atoms with van der Waals surface area (Å²) in [6, 6.07) is 20.6. The average Bonchev–Trinajstić information content (AvgIpc) is 2.61. The number of aromatic nitrogens is 2. The normalized spacial score (nSPS) is 10.6. The van der Waals surface area contributed by atoms with Gasteiger partial charge in [0.25, 0.3) is 0 Å². The summed E-state index contributed by atoms with van der Waals surface area (Å²) in [4.78, 5) is 4.84. The third kappa shape index (κ3) is 2.85. The van der Waals surface area contributed by atoms with Gasteiger partial charge in [0.2, 0.25) is 16.7 Å². The molecule has 4 nitrogen and oxygen atoms in total. The maximum Gasteiger partial charge on any atom is 0.239 e. The number of halogens is 1. The number of hydrogen-bond acceptors (Lipinski definition) is 3. The fourth-order valence-electron chi connectivity index (χ4n) is 3.03. The zero-order valence-electron chi connectivity index (χ0n) is 14.1. The van der Waals surface area contributed by atoms with Crippen LogP contribution in [0, 0.1) is 6.92 Å². The number of fused-ring (bicyclic) bond motifs is 2. The van der Waals surface area contributed by atoms with Gasteiger partial charge < -0.3 is 23.5 Å². The van der Waals surface area contributed by atoms with Gasteiger partial charge in [0, 0.05) is 42.7 Å². The molecule has 0 atom stereocenters. The number of nitrogens with two attached hydrogens (primary N) is 1. The van der Waals surface area contributed by atoms with Crippen molar-refractivity contribution >= 4 is 33.4 Å². The number of rotatable bonds is 2. The van der Waals surface area contributed by atoms with E-state index in [9.17, 15) is 0 Å². The van der Waals surface area contributed by atoms with E-state index in [1.807, 2.05) is 50.4 Å². The fourth-order valence-corrected chi connectivity index (χ4v) is 3.03. The second-order valence-electron chi connectivity index (χ2n) is 5.93. The highest BCUT2D eigenvalue weighted by atomic mass is 35.5. The van der Waals surface area contributed by atoms with Crippen molar-refractivity contribution in [3.63, 3.8) is 0 Å². The number of nitrogen functional groups attached to an aromatic ring is 1. The molecule has 0 aliphatic rings. The van der Waals surface area contributed by atoms with E-state index in [2.05, 4.69) is 34.1 Å². The minimum absolute atomic E-state index is 0. The lowest BCUT2D eigenvalue weighted by atomic mass is 10.1. The third-order valence-corrected chi connectivity index (χ3v) is 4.36. The Kier molecular flexibility index (Phi) is 4.47. The van der Waals surface area contributed by atoms with Crippen LogP contribution >= 0.6 is 0 Å². The van der Waals surface area contributed by atoms with Crippen LogP contribution in [0.15, 0.2) is 60.7 Å². The SMILES string of the molecule is CNc1ccc2nc3cc(C)c(N)cc3[n+](-c3ccccc3)c2c1.[Cl-]. The van der Waals surface area contributed by atoms with E-state index < -0.39 is 0 Å². The Hall–Kier alpha value is -2.85. The number of aryl methyl sites for hydroxylation is 1. The third-order valence-electron chi connectivity index (χ3n) is 4.36. The van der Waals surface area contributed by atoms with Gasteiger partial charge in [-0.3, -0.25) is 0 Å². The van der Waals surface area contributed by atoms with E-state index in [4.69, 9.17) is 10.7 Å². The first kappa shape index (κ1) is 17.0. The molecular formula is C20H19ClN4. The molecule has 4 aromatic rings. The Morgan fingerprint density at radius 3 is 2.36 bits per heavy atom. The summed E-state index contributed by atoms with van der Waals surface area (Å²) < 4.78 is 2.22. The monoisotopic (exact) mass is 350 g/mol. The minimum atomic E-state index is 0. The van der Waals surface area contributed by atoms with E-state index in [0.29, 0.717) is 0 Å². The van der Waals surface area contributed by atoms with E-state index in [0.717, 1.165) is 44.7 Å². The van der Waals surface area contributed by atoms with Crippen molar-refractivity contribution in [2.24, 2.45) is 0 Å². The molecule has 5 heteroatoms. The highest BCUT2D eigenvalue weighted by Crippen LogP contribution is 2.23. The lowest BCUT2D eigenvalue weighted by molar-refractivity contribution is -0.538. The molecule has 0 unspecified atom stereocenters. The Labute approximate surface area is 152 Å². The summed E-state index contributed by atoms with van der Waals surface area (Å²) >= 11 is 0. The van der Waals surface area contributed by atoms with Crippen molar-refractivity contribution < 1.29 is 17.0 Å². The molecule has 0 fully saturated rings. The van der Waals surface area contributed by atoms with Gasteiger partial charge in [-0.1, -0.05) is 18.2 Å². The Bertz CT molecular complexity index is 1060. The second-order valence-corrected chi connectivity index (χ2v) is 5.93. The smallest absolute Gasteiger partial charge is 0.239 e. The summed E-state index contributed by atoms with van der Waals surface area (Å²) in [7, 11) is 1.92. The van der Waals surface area contributed by atoms with Gasteiger partial charge in [-0.05, 0) is 30.7 Å². The zero-order chi connectivity index (χ0) is 16.7. The summed E-state index contributed by atoms with van der Waals surface area (Å²) in [5.74, 6) is 0. The molecule has 3 N–H and O–H groups in total. The highest BCUT2D eigenvalue weighted by molar-refractivity contribution is 5.86. The van der Waals surface area contributed by atoms with E-state index >= 15 is 0 Å². The molecule has 25 heavy (non-hydrogen) atoms. The molecule has 3 aromatic carbocycles. The first-order valence-corrected chi connectivity index (χ1v) is 7.96. The van der Waals surface area contributed by atoms with Crippen molar-refractivity contribution in [1.29, 1.82) is 0 Å². The van der Waals surface area contributed by atoms with Crippen LogP contribution in [0.4, 0.5) is 11.4 Å². The molecule has 0 radical (unpaired) electrons. The first-order chi connectivity index (χ1) is 11.7. The lowest BCUT2D eigenvalue weighted by Crippen LogP contribution is -3.00. The molecule has 0 aliphatic carbocycles. The standard InChI is InChI=1S/C20H18N4.ClH/c1-13-10-18-20(12-16(13)21)24(15-6-4-3-5-7-15)19-11-14(22-2)8-9-17(19)23-18;/h3-12H,1-2H3,(H2,21,22);1H. The molecule has 1 aromatic heterocycles. The number of nitrogens with zero attached hydrogens (tertiary/aromatic N) is 2. The number of anilines is 2. The summed E-state index contributed by atoms with van der Waals surface area (Å²) in [5, 5.41) is 3.20. The highest BCUT2D eigenvalue weighted by Gasteiger charge is 2.20. The van der Waals surface area contributed by atoms with Gasteiger partial charge >= 0.3 is 0 Å². The molecule has 0 saturated heterocycles. The van der Waals surface area contributed by atoms with Crippen molar-refractivity contribution in [3.8, 4) is 5.69 Å². The van der Waals surface area contributed by atoms with Crippen molar-refractivity contribution in [1.82, 2.24) is 4.98 Å². The van der Waals surface area contributed by atoms with Gasteiger partial charge in [0.05, 0.1) is 0 Å². The molecule has 0 spiro atoms. The number of benzene rings is 3. The topological polar surface area (TPSA) is 54.8 Å². The van der Waals surface area contributed by atoms with Crippen molar-refractivity contribution in [3.05, 3.63) is 66.2 Å². The molecule has 126 valence electrons. The minimum Gasteiger partial charge on any atom is -1.00 e. The molecule has 1 heterocycles. The van der Waals surface area contributed by atoms with Crippen LogP contribution in [0.25, 0.3) is 27.8 Å². The van der Waals surface area contributed by atoms with E-state index in [1.165, 1.54) is 0 Å². The van der Waals surface area contributed by atoms with Gasteiger partial charge in [-0.2, -0.15) is 0 Å². The number of para-hydroxylation sites is 1. The lowest BCUT2D eigenvalue weighted by Gasteiger charge is -2.08. The second kappa shape index (κ2) is 6.57. The van der Waals surface area contributed by atoms with Crippen LogP contribution < -0.4 is 28.0 Å². The van der Waals surface area contributed by atoms with Crippen LogP contribution in [-0.4, -0.2) is 12.0 Å². The molecule has 4 rings (SSSR count). The predicted molar refractivity (Wildman–Crippen MR) is 99.5 cm³/mol. The van der Waals surface area contributed by atoms with Gasteiger partial charge in [-0.15, -0.1) is 4.57 Å². The van der Waals surface area contributed by atoms with E-state index in [1.54, 1.807) is 0 Å². The maximum atomic E-state index is 6.18. The van der Waals surface area contributed by atoms with E-state index in [-0.39, 0.29) is 12.4 Å². The molecule has 0 aliphatic heterocycles. The van der Waals surface area contributed by atoms with Crippen LogP contribution in [-0.2, 0) is 0 Å². The van der Waals surface area contributed by atoms with Crippen molar-refractivity contribution in [2.45, 2.75) is 6.92 Å². The largest absolute Gasteiger partial charge is 1.00 e. The summed E-state index contributed by atoms with van der Waals surface area (Å²) in [6.45, 7) is 2.01. The molecule has 0 amide bonds. The van der Waals surface area contributed by atoms with Crippen LogP contribution in [0.5, 0.6) is 0 Å². The van der Waals surface area contributed by atoms with Gasteiger partial charge in [0.1, 0.15) is 11.0 Å². The Morgan fingerprint density at radius 1 is 0.920 bits per heavy atom. The first-order valence-electron chi connectivity index (χ1n) is 7.96. The Morgan fingerprint density at radius 2 is 1.64 bits per heavy atom. The molecule has 0 saturated carbocycles. The van der Waals surface area contributed by atoms with Crippen LogP contribution in [0.1, 0.15) is 5.56 Å². The fraction of sp³-hybridized carbons (Fsp3) is 0.100. The quantitative estimate of drug-likeness (QED) is 0.316. The summed E-state index contributed by atoms with van der Waals surface area (Å²) in [6.07, 6.45) is 0. The van der Waals surface area contributed by atoms with Crippen molar-refractivity contribution in [2.75, 3.05) is 18.1 Å². The summed E-state index contributed by atoms with van der Waals surface area (Å²) in [5.41, 5.74) is 14.1. The molecule has 0 bridgehead atoms. The Balaban J connectivity index is 0.00000182.